The zero-order valence-electron chi connectivity index (χ0n) is 19.3. The fraction of sp³-hybridized carbons (Fsp3) is 0.370. The van der Waals surface area contributed by atoms with E-state index in [2.05, 4.69) is 36.2 Å². The third kappa shape index (κ3) is 2.93. The number of aryl methyl sites for hydroxylation is 1. The molecule has 35 heavy (non-hydrogen) atoms. The maximum absolute atomic E-state index is 13.8. The second-order valence-corrected chi connectivity index (χ2v) is 12.3. The first-order valence-electron chi connectivity index (χ1n) is 11.9. The topological polar surface area (TPSA) is 79.5 Å². The summed E-state index contributed by atoms with van der Waals surface area (Å²) in [6.45, 7) is 2.07. The van der Waals surface area contributed by atoms with Crippen molar-refractivity contribution in [2.75, 3.05) is 12.0 Å². The van der Waals surface area contributed by atoms with Gasteiger partial charge in [-0.2, -0.15) is 0 Å². The Kier molecular flexibility index (Phi) is 4.64. The van der Waals surface area contributed by atoms with Gasteiger partial charge in [0.1, 0.15) is 5.75 Å². The molecule has 0 radical (unpaired) electrons. The van der Waals surface area contributed by atoms with Gasteiger partial charge < -0.3 is 9.72 Å². The highest BCUT2D eigenvalue weighted by atomic mass is 32.2. The summed E-state index contributed by atoms with van der Waals surface area (Å²) in [5.74, 6) is 0.510. The first kappa shape index (κ1) is 21.4. The number of thiazole rings is 1. The molecule has 7 rings (SSSR count). The van der Waals surface area contributed by atoms with Crippen LogP contribution in [0.25, 0.3) is 0 Å². The molecular weight excluding hydrogens is 480 g/mol. The maximum atomic E-state index is 13.8. The highest BCUT2D eigenvalue weighted by molar-refractivity contribution is 8.00. The molecule has 178 valence electrons. The third-order valence-electron chi connectivity index (χ3n) is 8.49. The minimum absolute atomic E-state index is 0.0371. The molecule has 4 aliphatic rings. The SMILES string of the molecule is COc1ccc(N2C(=O)[C@@H]3[C@H]4C[C@@H]([C@H]5Sc6[nH]c(=O)sc6[C@H](c6ccc(C)cc6)[C@@H]45)[C@H]3C2=O)cc1. The van der Waals surface area contributed by atoms with Crippen LogP contribution < -0.4 is 14.5 Å². The third-order valence-corrected chi connectivity index (χ3v) is 11.1. The van der Waals surface area contributed by atoms with Crippen LogP contribution >= 0.6 is 23.1 Å². The van der Waals surface area contributed by atoms with Gasteiger partial charge in [-0.3, -0.25) is 19.3 Å². The summed E-state index contributed by atoms with van der Waals surface area (Å²) in [7, 11) is 1.60. The highest BCUT2D eigenvalue weighted by Gasteiger charge is 2.69. The van der Waals surface area contributed by atoms with Gasteiger partial charge in [0.2, 0.25) is 11.8 Å². The number of carbonyl (C=O) groups is 2. The van der Waals surface area contributed by atoms with E-state index >= 15 is 0 Å². The van der Waals surface area contributed by atoms with E-state index in [1.54, 1.807) is 43.1 Å². The number of thioether (sulfide) groups is 1. The van der Waals surface area contributed by atoms with Gasteiger partial charge in [-0.1, -0.05) is 41.2 Å². The van der Waals surface area contributed by atoms with E-state index in [4.69, 9.17) is 4.74 Å². The van der Waals surface area contributed by atoms with Gasteiger partial charge in [0.15, 0.2) is 0 Å². The van der Waals surface area contributed by atoms with E-state index in [0.717, 1.165) is 16.3 Å². The van der Waals surface area contributed by atoms with Crippen molar-refractivity contribution in [3.05, 3.63) is 74.2 Å². The Labute approximate surface area is 210 Å². The van der Waals surface area contributed by atoms with Crippen LogP contribution in [0.5, 0.6) is 5.75 Å². The summed E-state index contributed by atoms with van der Waals surface area (Å²) in [5, 5.41) is 1.15. The van der Waals surface area contributed by atoms with Crippen molar-refractivity contribution in [2.45, 2.75) is 29.5 Å². The van der Waals surface area contributed by atoms with Crippen LogP contribution in [0, 0.1) is 36.5 Å². The van der Waals surface area contributed by atoms with Gasteiger partial charge in [0.05, 0.1) is 29.7 Å². The maximum Gasteiger partial charge on any atom is 0.305 e. The molecule has 1 aromatic heterocycles. The second kappa shape index (κ2) is 7.58. The number of anilines is 1. The summed E-state index contributed by atoms with van der Waals surface area (Å²) in [4.78, 5) is 45.3. The number of hydrogen-bond donors (Lipinski definition) is 1. The first-order valence-corrected chi connectivity index (χ1v) is 13.6. The van der Waals surface area contributed by atoms with Crippen LogP contribution in [0.1, 0.15) is 28.3 Å². The van der Waals surface area contributed by atoms with Crippen molar-refractivity contribution in [1.82, 2.24) is 4.98 Å². The molecule has 3 heterocycles. The van der Waals surface area contributed by atoms with E-state index in [0.29, 0.717) is 11.4 Å². The number of aromatic nitrogens is 1. The van der Waals surface area contributed by atoms with Gasteiger partial charge in [0, 0.05) is 16.0 Å². The average molecular weight is 505 g/mol. The largest absolute Gasteiger partial charge is 0.497 e. The molecule has 2 saturated carbocycles. The number of amides is 2. The molecule has 3 fully saturated rings. The Morgan fingerprint density at radius 1 is 0.943 bits per heavy atom. The Morgan fingerprint density at radius 3 is 2.31 bits per heavy atom. The van der Waals surface area contributed by atoms with Crippen LogP contribution in [0.3, 0.4) is 0 Å². The standard InChI is InChI=1S/C27H24N2O4S2/c1-12-3-5-13(6-4-12)18-19-16-11-17(22(19)34-24-23(18)35-27(32)28-24)21-20(16)25(30)29(26(21)31)14-7-9-15(33-2)10-8-14/h3-10,16-22H,11H2,1-2H3,(H,28,32)/t16-,17+,18+,19+,20+,21+,22+/m0/s1. The minimum Gasteiger partial charge on any atom is -0.497 e. The van der Waals surface area contributed by atoms with Crippen LogP contribution in [0.4, 0.5) is 5.69 Å². The smallest absolute Gasteiger partial charge is 0.305 e. The number of fused-ring (bicyclic) bond motifs is 9. The number of hydrogen-bond acceptors (Lipinski definition) is 6. The van der Waals surface area contributed by atoms with E-state index in [1.807, 2.05) is 0 Å². The van der Waals surface area contributed by atoms with Gasteiger partial charge in [0.25, 0.3) is 0 Å². The lowest BCUT2D eigenvalue weighted by Gasteiger charge is -2.43. The molecule has 0 spiro atoms. The number of nitrogens with zero attached hydrogens (tertiary/aromatic N) is 1. The summed E-state index contributed by atoms with van der Waals surface area (Å²) in [6, 6.07) is 15.7. The van der Waals surface area contributed by atoms with Crippen LogP contribution in [0.2, 0.25) is 0 Å². The number of H-pyrrole nitrogens is 1. The minimum atomic E-state index is -0.290. The first-order chi connectivity index (χ1) is 17.0. The normalized spacial score (nSPS) is 32.5. The van der Waals surface area contributed by atoms with E-state index in [9.17, 15) is 14.4 Å². The number of carbonyl (C=O) groups excluding carboxylic acids is 2. The fourth-order valence-electron chi connectivity index (χ4n) is 7.15. The fourth-order valence-corrected chi connectivity index (χ4v) is 10.0. The number of imide groups is 1. The number of benzene rings is 2. The van der Waals surface area contributed by atoms with Gasteiger partial charge in [-0.25, -0.2) is 0 Å². The molecule has 6 nitrogen and oxygen atoms in total. The molecule has 3 aromatic rings. The predicted octanol–water partition coefficient (Wildman–Crippen LogP) is 4.43. The number of methoxy groups -OCH3 is 1. The summed E-state index contributed by atoms with van der Waals surface area (Å²) in [5.41, 5.74) is 3.00. The zero-order valence-corrected chi connectivity index (χ0v) is 20.9. The number of nitrogens with one attached hydrogen (secondary N) is 1. The van der Waals surface area contributed by atoms with Gasteiger partial charge in [-0.05, 0) is 60.9 Å². The van der Waals surface area contributed by atoms with E-state index < -0.39 is 0 Å². The molecule has 2 aliphatic heterocycles. The monoisotopic (exact) mass is 504 g/mol. The lowest BCUT2D eigenvalue weighted by atomic mass is 9.68. The summed E-state index contributed by atoms with van der Waals surface area (Å²) >= 11 is 3.02. The van der Waals surface area contributed by atoms with Crippen molar-refractivity contribution < 1.29 is 14.3 Å². The van der Waals surface area contributed by atoms with Crippen molar-refractivity contribution >= 4 is 40.6 Å². The zero-order chi connectivity index (χ0) is 24.0. The second-order valence-electron chi connectivity index (χ2n) is 10.1. The Morgan fingerprint density at radius 2 is 1.63 bits per heavy atom. The van der Waals surface area contributed by atoms with Gasteiger partial charge >= 0.3 is 4.87 Å². The van der Waals surface area contributed by atoms with Crippen molar-refractivity contribution in [1.29, 1.82) is 0 Å². The van der Waals surface area contributed by atoms with Crippen molar-refractivity contribution in [2.24, 2.45) is 29.6 Å². The molecule has 2 bridgehead atoms. The highest BCUT2D eigenvalue weighted by Crippen LogP contribution is 2.68. The van der Waals surface area contributed by atoms with Gasteiger partial charge in [-0.15, -0.1) is 11.8 Å². The lowest BCUT2D eigenvalue weighted by Crippen LogP contribution is -2.42. The number of ether oxygens (including phenoxy) is 1. The van der Waals surface area contributed by atoms with Crippen LogP contribution in [-0.4, -0.2) is 29.2 Å². The van der Waals surface area contributed by atoms with Crippen molar-refractivity contribution in [3.63, 3.8) is 0 Å². The molecule has 2 aliphatic carbocycles. The van der Waals surface area contributed by atoms with E-state index in [1.165, 1.54) is 27.4 Å². The van der Waals surface area contributed by atoms with Crippen LogP contribution in [-0.2, 0) is 9.59 Å². The summed E-state index contributed by atoms with van der Waals surface area (Å²) in [6.07, 6.45) is 0.896. The van der Waals surface area contributed by atoms with Crippen molar-refractivity contribution in [3.8, 4) is 5.75 Å². The molecule has 1 N–H and O–H groups in total. The van der Waals surface area contributed by atoms with E-state index in [-0.39, 0.29) is 57.4 Å². The van der Waals surface area contributed by atoms with Crippen LogP contribution in [0.15, 0.2) is 58.4 Å². The molecular formula is C27H24N2O4S2. The average Bonchev–Trinajstić information content (AvgIpc) is 3.59. The molecule has 2 aromatic carbocycles. The number of aromatic amines is 1. The molecule has 2 amide bonds. The Hall–Kier alpha value is -2.84. The molecule has 8 heteroatoms. The Bertz CT molecular complexity index is 1410. The molecule has 1 saturated heterocycles. The lowest BCUT2D eigenvalue weighted by molar-refractivity contribution is -0.123. The quantitative estimate of drug-likeness (QED) is 0.534. The summed E-state index contributed by atoms with van der Waals surface area (Å²) < 4.78 is 5.25. The Balaban J connectivity index is 1.30. The number of rotatable bonds is 3. The molecule has 0 unspecified atom stereocenters. The predicted molar refractivity (Wildman–Crippen MR) is 135 cm³/mol. The molecule has 7 atom stereocenters.